The van der Waals surface area contributed by atoms with Crippen LogP contribution in [-0.4, -0.2) is 28.6 Å². The molecule has 3 nitrogen and oxygen atoms in total. The molecule has 1 aromatic rings. The van der Waals surface area contributed by atoms with Gasteiger partial charge in [-0.2, -0.15) is 5.10 Å². The van der Waals surface area contributed by atoms with Crippen LogP contribution < -0.4 is 5.32 Å². The maximum atomic E-state index is 4.33. The van der Waals surface area contributed by atoms with E-state index in [0.717, 1.165) is 30.5 Å². The molecule has 0 unspecified atom stereocenters. The first-order valence-corrected chi connectivity index (χ1v) is 6.92. The van der Waals surface area contributed by atoms with Gasteiger partial charge in [-0.15, -0.1) is 11.8 Å². The molecule has 1 rings (SSSR count). The van der Waals surface area contributed by atoms with E-state index in [-0.39, 0.29) is 0 Å². The lowest BCUT2D eigenvalue weighted by Crippen LogP contribution is -2.21. The average Bonchev–Trinajstić information content (AvgIpc) is 2.50. The molecule has 16 heavy (non-hydrogen) atoms. The van der Waals surface area contributed by atoms with E-state index >= 15 is 0 Å². The Morgan fingerprint density at radius 3 is 2.81 bits per heavy atom. The van der Waals surface area contributed by atoms with Crippen LogP contribution in [0.15, 0.2) is 11.1 Å². The maximum absolute atomic E-state index is 4.33. The standard InChI is InChI=1S/C12H23N3S/c1-10(2)9-13-6-5-7-16-12-8-11(3)14-15(12)4/h8,10,13H,5-7,9H2,1-4H3. The molecule has 0 aliphatic rings. The number of nitrogens with zero attached hydrogens (tertiary/aromatic N) is 2. The van der Waals surface area contributed by atoms with Crippen molar-refractivity contribution in [1.82, 2.24) is 15.1 Å². The molecule has 1 aromatic heterocycles. The highest BCUT2D eigenvalue weighted by molar-refractivity contribution is 7.99. The van der Waals surface area contributed by atoms with Gasteiger partial charge in [-0.3, -0.25) is 4.68 Å². The molecule has 1 heterocycles. The lowest BCUT2D eigenvalue weighted by atomic mass is 10.2. The zero-order valence-corrected chi connectivity index (χ0v) is 11.6. The Morgan fingerprint density at radius 1 is 1.50 bits per heavy atom. The fourth-order valence-electron chi connectivity index (χ4n) is 1.49. The van der Waals surface area contributed by atoms with Gasteiger partial charge in [0.15, 0.2) is 0 Å². The number of hydrogen-bond donors (Lipinski definition) is 1. The minimum Gasteiger partial charge on any atom is -0.316 e. The fraction of sp³-hybridized carbons (Fsp3) is 0.750. The molecule has 0 bridgehead atoms. The second-order valence-corrected chi connectivity index (χ2v) is 5.66. The van der Waals surface area contributed by atoms with Crippen molar-refractivity contribution < 1.29 is 0 Å². The van der Waals surface area contributed by atoms with Crippen LogP contribution in [0.1, 0.15) is 26.0 Å². The molecule has 4 heteroatoms. The third kappa shape index (κ3) is 5.03. The smallest absolute Gasteiger partial charge is 0.0939 e. The van der Waals surface area contributed by atoms with Crippen molar-refractivity contribution in [3.63, 3.8) is 0 Å². The number of rotatable bonds is 7. The van der Waals surface area contributed by atoms with Gasteiger partial charge in [0.2, 0.25) is 0 Å². The van der Waals surface area contributed by atoms with Gasteiger partial charge in [-0.05, 0) is 38.4 Å². The minimum absolute atomic E-state index is 0.743. The van der Waals surface area contributed by atoms with Crippen molar-refractivity contribution in [2.45, 2.75) is 32.2 Å². The molecule has 0 aliphatic heterocycles. The Balaban J connectivity index is 2.09. The second-order valence-electron chi connectivity index (χ2n) is 4.55. The van der Waals surface area contributed by atoms with Crippen molar-refractivity contribution in [2.24, 2.45) is 13.0 Å². The van der Waals surface area contributed by atoms with Crippen molar-refractivity contribution in [1.29, 1.82) is 0 Å². The van der Waals surface area contributed by atoms with Gasteiger partial charge in [0.25, 0.3) is 0 Å². The normalized spacial score (nSPS) is 11.3. The summed E-state index contributed by atoms with van der Waals surface area (Å²) in [6, 6.07) is 2.15. The topological polar surface area (TPSA) is 29.9 Å². The highest BCUT2D eigenvalue weighted by Crippen LogP contribution is 2.18. The zero-order valence-electron chi connectivity index (χ0n) is 10.8. The molecular formula is C12H23N3S. The van der Waals surface area contributed by atoms with Crippen LogP contribution >= 0.6 is 11.8 Å². The van der Waals surface area contributed by atoms with Gasteiger partial charge < -0.3 is 5.32 Å². The maximum Gasteiger partial charge on any atom is 0.0939 e. The molecule has 0 atom stereocenters. The summed E-state index contributed by atoms with van der Waals surface area (Å²) in [4.78, 5) is 0. The lowest BCUT2D eigenvalue weighted by molar-refractivity contribution is 0.551. The van der Waals surface area contributed by atoms with Crippen LogP contribution in [-0.2, 0) is 7.05 Å². The van der Waals surface area contributed by atoms with Gasteiger partial charge in [0, 0.05) is 12.8 Å². The van der Waals surface area contributed by atoms with Crippen LogP contribution in [0.25, 0.3) is 0 Å². The van der Waals surface area contributed by atoms with Crippen LogP contribution in [0.3, 0.4) is 0 Å². The summed E-state index contributed by atoms with van der Waals surface area (Å²) < 4.78 is 1.96. The molecule has 0 spiro atoms. The van der Waals surface area contributed by atoms with Gasteiger partial charge >= 0.3 is 0 Å². The Bertz CT molecular complexity index is 307. The van der Waals surface area contributed by atoms with Crippen LogP contribution in [0.2, 0.25) is 0 Å². The fourth-order valence-corrected chi connectivity index (χ4v) is 2.47. The Morgan fingerprint density at radius 2 is 2.25 bits per heavy atom. The van der Waals surface area contributed by atoms with Crippen LogP contribution in [0.5, 0.6) is 0 Å². The molecule has 0 aromatic carbocycles. The van der Waals surface area contributed by atoms with Crippen molar-refractivity contribution in [3.8, 4) is 0 Å². The Labute approximate surface area is 103 Å². The van der Waals surface area contributed by atoms with E-state index < -0.39 is 0 Å². The van der Waals surface area contributed by atoms with Crippen molar-refractivity contribution in [2.75, 3.05) is 18.8 Å². The summed E-state index contributed by atoms with van der Waals surface area (Å²) >= 11 is 1.89. The van der Waals surface area contributed by atoms with Gasteiger partial charge in [-0.1, -0.05) is 13.8 Å². The van der Waals surface area contributed by atoms with E-state index in [1.165, 1.54) is 11.4 Å². The average molecular weight is 241 g/mol. The van der Waals surface area contributed by atoms with Crippen molar-refractivity contribution in [3.05, 3.63) is 11.8 Å². The molecule has 0 fully saturated rings. The van der Waals surface area contributed by atoms with E-state index in [2.05, 4.69) is 30.3 Å². The van der Waals surface area contributed by atoms with E-state index in [0.29, 0.717) is 0 Å². The van der Waals surface area contributed by atoms with Gasteiger partial charge in [0.1, 0.15) is 0 Å². The molecule has 0 radical (unpaired) electrons. The monoisotopic (exact) mass is 241 g/mol. The molecule has 1 N–H and O–H groups in total. The SMILES string of the molecule is Cc1cc(SCCCNCC(C)C)n(C)n1. The molecular weight excluding hydrogens is 218 g/mol. The summed E-state index contributed by atoms with van der Waals surface area (Å²) in [6.45, 7) is 8.74. The summed E-state index contributed by atoms with van der Waals surface area (Å²) in [6.07, 6.45) is 1.21. The van der Waals surface area contributed by atoms with E-state index in [4.69, 9.17) is 0 Å². The number of thioether (sulfide) groups is 1. The largest absolute Gasteiger partial charge is 0.316 e. The first kappa shape index (κ1) is 13.6. The van der Waals surface area contributed by atoms with Crippen molar-refractivity contribution >= 4 is 11.8 Å². The minimum atomic E-state index is 0.743. The second kappa shape index (κ2) is 6.97. The highest BCUT2D eigenvalue weighted by Gasteiger charge is 2.01. The predicted octanol–water partition coefficient (Wildman–Crippen LogP) is 2.46. The van der Waals surface area contributed by atoms with Crippen LogP contribution in [0.4, 0.5) is 0 Å². The number of aryl methyl sites for hydroxylation is 2. The zero-order chi connectivity index (χ0) is 12.0. The number of nitrogens with one attached hydrogen (secondary N) is 1. The quantitative estimate of drug-likeness (QED) is 0.587. The third-order valence-electron chi connectivity index (χ3n) is 2.26. The van der Waals surface area contributed by atoms with Gasteiger partial charge in [0.05, 0.1) is 10.7 Å². The molecule has 0 saturated heterocycles. The van der Waals surface area contributed by atoms with E-state index in [1.807, 2.05) is 30.4 Å². The van der Waals surface area contributed by atoms with E-state index in [1.54, 1.807) is 0 Å². The highest BCUT2D eigenvalue weighted by atomic mass is 32.2. The molecule has 0 saturated carbocycles. The molecule has 92 valence electrons. The summed E-state index contributed by atoms with van der Waals surface area (Å²) in [5.74, 6) is 1.90. The van der Waals surface area contributed by atoms with Gasteiger partial charge in [-0.25, -0.2) is 0 Å². The number of hydrogen-bond acceptors (Lipinski definition) is 3. The third-order valence-corrected chi connectivity index (χ3v) is 3.43. The Kier molecular flexibility index (Phi) is 5.91. The summed E-state index contributed by atoms with van der Waals surface area (Å²) in [5.41, 5.74) is 1.10. The molecule has 0 amide bonds. The van der Waals surface area contributed by atoms with E-state index in [9.17, 15) is 0 Å². The Hall–Kier alpha value is -0.480. The lowest BCUT2D eigenvalue weighted by Gasteiger charge is -2.06. The summed E-state index contributed by atoms with van der Waals surface area (Å²) in [5, 5.41) is 9.05. The van der Waals surface area contributed by atoms with Crippen LogP contribution in [0, 0.1) is 12.8 Å². The first-order valence-electron chi connectivity index (χ1n) is 5.93. The number of aromatic nitrogens is 2. The first-order chi connectivity index (χ1) is 7.59. The predicted molar refractivity (Wildman–Crippen MR) is 71.0 cm³/mol. The molecule has 0 aliphatic carbocycles. The summed E-state index contributed by atoms with van der Waals surface area (Å²) in [7, 11) is 2.01.